The van der Waals surface area contributed by atoms with Crippen LogP contribution < -0.4 is 14.9 Å². The zero-order valence-corrected chi connectivity index (χ0v) is 15.7. The van der Waals surface area contributed by atoms with E-state index in [4.69, 9.17) is 21.1 Å². The normalized spacial score (nSPS) is 10.7. The second kappa shape index (κ2) is 9.29. The van der Waals surface area contributed by atoms with E-state index in [-0.39, 0.29) is 12.4 Å². The first-order valence-electron chi connectivity index (χ1n) is 7.35. The average molecular weight is 428 g/mol. The molecule has 25 heavy (non-hydrogen) atoms. The van der Waals surface area contributed by atoms with Crippen molar-refractivity contribution in [3.8, 4) is 17.2 Å². The summed E-state index contributed by atoms with van der Waals surface area (Å²) < 4.78 is 11.1. The number of rotatable bonds is 7. The average Bonchev–Trinajstić information content (AvgIpc) is 2.59. The first kappa shape index (κ1) is 19.1. The molecule has 0 bridgehead atoms. The highest BCUT2D eigenvalue weighted by atomic mass is 79.9. The topological polar surface area (TPSA) is 80.2 Å². The lowest BCUT2D eigenvalue weighted by Gasteiger charge is -2.08. The molecule has 0 saturated carbocycles. The van der Waals surface area contributed by atoms with Gasteiger partial charge in [-0.25, -0.2) is 5.43 Å². The van der Waals surface area contributed by atoms with Gasteiger partial charge in [0, 0.05) is 5.02 Å². The molecule has 0 spiro atoms. The molecule has 0 aliphatic rings. The van der Waals surface area contributed by atoms with Gasteiger partial charge in [-0.1, -0.05) is 11.6 Å². The van der Waals surface area contributed by atoms with Crippen LogP contribution in [0.15, 0.2) is 46.0 Å². The van der Waals surface area contributed by atoms with E-state index < -0.39 is 5.91 Å². The number of carbonyl (C=O) groups excluding carboxylic acids is 1. The molecule has 1 amide bonds. The van der Waals surface area contributed by atoms with E-state index in [9.17, 15) is 9.90 Å². The molecule has 0 aromatic heterocycles. The van der Waals surface area contributed by atoms with Crippen LogP contribution in [0.3, 0.4) is 0 Å². The molecular formula is C17H16BrClN2O4. The largest absolute Gasteiger partial charge is 0.503 e. The summed E-state index contributed by atoms with van der Waals surface area (Å²) >= 11 is 9.01. The summed E-state index contributed by atoms with van der Waals surface area (Å²) in [6.07, 6.45) is 1.44. The summed E-state index contributed by atoms with van der Waals surface area (Å²) in [5.74, 6) is 0.469. The van der Waals surface area contributed by atoms with E-state index in [1.54, 1.807) is 36.4 Å². The van der Waals surface area contributed by atoms with Crippen molar-refractivity contribution < 1.29 is 19.4 Å². The van der Waals surface area contributed by atoms with Crippen LogP contribution in [0.5, 0.6) is 17.2 Å². The Morgan fingerprint density at radius 3 is 2.72 bits per heavy atom. The number of ether oxygens (including phenoxy) is 2. The lowest BCUT2D eigenvalue weighted by Crippen LogP contribution is -2.24. The van der Waals surface area contributed by atoms with Gasteiger partial charge in [0.2, 0.25) is 0 Å². The van der Waals surface area contributed by atoms with Gasteiger partial charge in [0.25, 0.3) is 5.91 Å². The van der Waals surface area contributed by atoms with Crippen molar-refractivity contribution in [2.24, 2.45) is 5.10 Å². The monoisotopic (exact) mass is 426 g/mol. The highest BCUT2D eigenvalue weighted by molar-refractivity contribution is 9.10. The van der Waals surface area contributed by atoms with Crippen molar-refractivity contribution in [3.05, 3.63) is 51.5 Å². The first-order valence-corrected chi connectivity index (χ1v) is 8.52. The molecule has 0 heterocycles. The Bertz CT molecular complexity index is 766. The molecule has 2 N–H and O–H groups in total. The van der Waals surface area contributed by atoms with Gasteiger partial charge in [0.15, 0.2) is 18.1 Å². The Hall–Kier alpha value is -2.25. The Balaban J connectivity index is 1.89. The summed E-state index contributed by atoms with van der Waals surface area (Å²) in [5, 5.41) is 14.3. The molecule has 0 saturated heterocycles. The van der Waals surface area contributed by atoms with Gasteiger partial charge < -0.3 is 14.6 Å². The van der Waals surface area contributed by atoms with E-state index in [1.165, 1.54) is 6.21 Å². The van der Waals surface area contributed by atoms with Gasteiger partial charge in [0.1, 0.15) is 5.75 Å². The fourth-order valence-corrected chi connectivity index (χ4v) is 2.41. The number of phenols is 1. The number of hydrogen-bond donors (Lipinski definition) is 2. The summed E-state index contributed by atoms with van der Waals surface area (Å²) in [6, 6.07) is 9.95. The van der Waals surface area contributed by atoms with Gasteiger partial charge in [-0.2, -0.15) is 5.10 Å². The zero-order chi connectivity index (χ0) is 18.2. The molecule has 2 aromatic carbocycles. The minimum absolute atomic E-state index is 0.0133. The molecule has 2 rings (SSSR count). The Morgan fingerprint density at radius 2 is 2.04 bits per heavy atom. The lowest BCUT2D eigenvalue weighted by atomic mass is 10.2. The molecule has 6 nitrogen and oxygen atoms in total. The van der Waals surface area contributed by atoms with E-state index in [0.29, 0.717) is 33.2 Å². The number of aromatic hydroxyl groups is 1. The van der Waals surface area contributed by atoms with Crippen molar-refractivity contribution in [2.75, 3.05) is 13.2 Å². The second-order valence-electron chi connectivity index (χ2n) is 4.82. The standard InChI is InChI=1S/C17H16BrClN2O4/c1-2-24-15-8-11(7-14(18)17(15)23)9-20-21-16(22)10-25-13-5-3-12(19)4-6-13/h3-9,23H,2,10H2,1H3,(H,21,22). The lowest BCUT2D eigenvalue weighted by molar-refractivity contribution is -0.123. The van der Waals surface area contributed by atoms with E-state index in [2.05, 4.69) is 26.5 Å². The third-order valence-corrected chi connectivity index (χ3v) is 3.79. The van der Waals surface area contributed by atoms with Crippen molar-refractivity contribution in [3.63, 3.8) is 0 Å². The van der Waals surface area contributed by atoms with Crippen molar-refractivity contribution in [1.82, 2.24) is 5.43 Å². The fourth-order valence-electron chi connectivity index (χ4n) is 1.82. The molecule has 132 valence electrons. The van der Waals surface area contributed by atoms with Gasteiger partial charge >= 0.3 is 0 Å². The van der Waals surface area contributed by atoms with Crippen molar-refractivity contribution >= 4 is 39.7 Å². The maximum atomic E-state index is 11.7. The number of benzene rings is 2. The van der Waals surface area contributed by atoms with Crippen molar-refractivity contribution in [2.45, 2.75) is 6.92 Å². The minimum atomic E-state index is -0.408. The number of hydrogen-bond acceptors (Lipinski definition) is 5. The summed E-state index contributed by atoms with van der Waals surface area (Å²) in [4.78, 5) is 11.7. The summed E-state index contributed by atoms with van der Waals surface area (Å²) in [7, 11) is 0. The predicted molar refractivity (Wildman–Crippen MR) is 99.7 cm³/mol. The number of carbonyl (C=O) groups is 1. The van der Waals surface area contributed by atoms with Crippen LogP contribution in [-0.2, 0) is 4.79 Å². The van der Waals surface area contributed by atoms with Crippen LogP contribution >= 0.6 is 27.5 Å². The molecule has 0 aliphatic carbocycles. The molecule has 0 fully saturated rings. The van der Waals surface area contributed by atoms with Crippen LogP contribution in [0.4, 0.5) is 0 Å². The van der Waals surface area contributed by atoms with Crippen molar-refractivity contribution in [1.29, 1.82) is 0 Å². The molecule has 0 atom stereocenters. The Labute approximate surface area is 158 Å². The summed E-state index contributed by atoms with van der Waals surface area (Å²) in [6.45, 7) is 2.05. The quantitative estimate of drug-likeness (QED) is 0.521. The van der Waals surface area contributed by atoms with Crippen LogP contribution in [-0.4, -0.2) is 30.4 Å². The van der Waals surface area contributed by atoms with Gasteiger partial charge in [-0.05, 0) is 64.8 Å². The zero-order valence-electron chi connectivity index (χ0n) is 13.3. The van der Waals surface area contributed by atoms with Gasteiger partial charge in [-0.3, -0.25) is 4.79 Å². The van der Waals surface area contributed by atoms with Crippen LogP contribution in [0.25, 0.3) is 0 Å². The number of nitrogens with one attached hydrogen (secondary N) is 1. The third-order valence-electron chi connectivity index (χ3n) is 2.94. The highest BCUT2D eigenvalue weighted by Gasteiger charge is 2.08. The number of hydrazone groups is 1. The maximum Gasteiger partial charge on any atom is 0.277 e. The number of phenolic OH excluding ortho intramolecular Hbond substituents is 1. The molecule has 0 aliphatic heterocycles. The Kier molecular flexibility index (Phi) is 7.09. The highest BCUT2D eigenvalue weighted by Crippen LogP contribution is 2.35. The number of amides is 1. The third kappa shape index (κ3) is 5.95. The molecule has 0 unspecified atom stereocenters. The SMILES string of the molecule is CCOc1cc(C=NNC(=O)COc2ccc(Cl)cc2)cc(Br)c1O. The van der Waals surface area contributed by atoms with Crippen LogP contribution in [0.1, 0.15) is 12.5 Å². The van der Waals surface area contributed by atoms with Crippen LogP contribution in [0, 0.1) is 0 Å². The van der Waals surface area contributed by atoms with Gasteiger partial charge in [0.05, 0.1) is 17.3 Å². The van der Waals surface area contributed by atoms with E-state index >= 15 is 0 Å². The van der Waals surface area contributed by atoms with E-state index in [1.807, 2.05) is 6.92 Å². The molecule has 2 aromatic rings. The fraction of sp³-hybridized carbons (Fsp3) is 0.176. The minimum Gasteiger partial charge on any atom is -0.503 e. The molecule has 8 heteroatoms. The second-order valence-corrected chi connectivity index (χ2v) is 6.11. The Morgan fingerprint density at radius 1 is 1.32 bits per heavy atom. The number of halogens is 2. The summed E-state index contributed by atoms with van der Waals surface area (Å²) in [5.41, 5.74) is 3.00. The van der Waals surface area contributed by atoms with Gasteiger partial charge in [-0.15, -0.1) is 0 Å². The predicted octanol–water partition coefficient (Wildman–Crippen LogP) is 3.74. The van der Waals surface area contributed by atoms with Crippen LogP contribution in [0.2, 0.25) is 5.02 Å². The molecule has 0 radical (unpaired) electrons. The number of nitrogens with zero attached hydrogens (tertiary/aromatic N) is 1. The molecular weight excluding hydrogens is 412 g/mol. The smallest absolute Gasteiger partial charge is 0.277 e. The van der Waals surface area contributed by atoms with E-state index in [0.717, 1.165) is 0 Å². The first-order chi connectivity index (χ1) is 12.0. The maximum absolute atomic E-state index is 11.7.